The fraction of sp³-hybridized carbons (Fsp3) is 0.379. The minimum Gasteiger partial charge on any atom is -0.495 e. The van der Waals surface area contributed by atoms with E-state index in [-0.39, 0.29) is 11.9 Å². The third-order valence-electron chi connectivity index (χ3n) is 6.82. The van der Waals surface area contributed by atoms with Gasteiger partial charge in [0.1, 0.15) is 17.4 Å². The lowest BCUT2D eigenvalue weighted by molar-refractivity contribution is 0.0962. The zero-order chi connectivity index (χ0) is 27.2. The molecule has 0 aliphatic carbocycles. The van der Waals surface area contributed by atoms with Crippen LogP contribution >= 0.6 is 0 Å². The van der Waals surface area contributed by atoms with Crippen molar-refractivity contribution in [3.63, 3.8) is 0 Å². The maximum atomic E-state index is 15.0. The second-order valence-corrected chi connectivity index (χ2v) is 9.48. The lowest BCUT2D eigenvalue weighted by Gasteiger charge is -2.37. The molecule has 1 fully saturated rings. The number of fused-ring (bicyclic) bond motifs is 1. The Morgan fingerprint density at radius 1 is 1.32 bits per heavy atom. The number of halogens is 1. The topological polar surface area (TPSA) is 83.5 Å². The smallest absolute Gasteiger partial charge is 0.251 e. The Morgan fingerprint density at radius 3 is 2.82 bits per heavy atom. The molecule has 1 amide bonds. The molecule has 3 N–H and O–H groups in total. The summed E-state index contributed by atoms with van der Waals surface area (Å²) in [7, 11) is 3.13. The van der Waals surface area contributed by atoms with Crippen LogP contribution in [-0.2, 0) is 0 Å². The van der Waals surface area contributed by atoms with Gasteiger partial charge in [0, 0.05) is 43.2 Å². The van der Waals surface area contributed by atoms with Crippen LogP contribution in [0.4, 0.5) is 15.8 Å². The molecule has 1 aromatic heterocycles. The standard InChI is InChI=1S/C29H35FN6O2/c1-6-26-21-9-7-10-25(33-23-13-16-35(19(2)3)18-22(23)30)28(21)34-36(26)15-8-14-32-24-12-11-20(29(37)31-4)17-27(24)38-5/h6-7,9-12,17,19,22-23,32-33H,1,13-14,16,18H2,2-5H3,(H,31,37)/t22-,23+/m0/s1. The van der Waals surface area contributed by atoms with Gasteiger partial charge in [0.15, 0.2) is 0 Å². The Labute approximate surface area is 223 Å². The van der Waals surface area contributed by atoms with E-state index in [0.717, 1.165) is 40.9 Å². The van der Waals surface area contributed by atoms with Gasteiger partial charge < -0.3 is 20.7 Å². The number of rotatable bonds is 8. The first-order valence-electron chi connectivity index (χ1n) is 12.8. The maximum Gasteiger partial charge on any atom is 0.251 e. The molecule has 0 unspecified atom stereocenters. The van der Waals surface area contributed by atoms with Crippen LogP contribution in [0.3, 0.4) is 0 Å². The normalized spacial score (nSPS) is 17.5. The predicted octanol–water partition coefficient (Wildman–Crippen LogP) is 4.20. The third-order valence-corrected chi connectivity index (χ3v) is 6.82. The number of benzene rings is 2. The second-order valence-electron chi connectivity index (χ2n) is 9.48. The van der Waals surface area contributed by atoms with Crippen LogP contribution in [0.2, 0.25) is 0 Å². The van der Waals surface area contributed by atoms with Gasteiger partial charge in [0.25, 0.3) is 5.91 Å². The average Bonchev–Trinajstić information content (AvgIpc) is 3.29. The zero-order valence-corrected chi connectivity index (χ0v) is 22.3. The minimum atomic E-state index is -0.962. The molecule has 9 heteroatoms. The van der Waals surface area contributed by atoms with Gasteiger partial charge in [0.2, 0.25) is 0 Å². The van der Waals surface area contributed by atoms with Crippen molar-refractivity contribution in [2.24, 2.45) is 0 Å². The van der Waals surface area contributed by atoms with Gasteiger partial charge in [0.05, 0.1) is 36.8 Å². The Hall–Kier alpha value is -4.03. The number of likely N-dealkylation sites (tertiary alicyclic amines) is 1. The van der Waals surface area contributed by atoms with Crippen LogP contribution in [0, 0.1) is 12.0 Å². The Kier molecular flexibility index (Phi) is 8.54. The van der Waals surface area contributed by atoms with Gasteiger partial charge in [-0.3, -0.25) is 9.69 Å². The van der Waals surface area contributed by atoms with Crippen LogP contribution in [0.15, 0.2) is 43.0 Å². The summed E-state index contributed by atoms with van der Waals surface area (Å²) in [6.07, 6.45) is 1.49. The minimum absolute atomic E-state index is 0.186. The first-order chi connectivity index (χ1) is 18.4. The van der Waals surface area contributed by atoms with Crippen molar-refractivity contribution in [3.8, 4) is 17.7 Å². The summed E-state index contributed by atoms with van der Waals surface area (Å²) in [5, 5.41) is 14.8. The van der Waals surface area contributed by atoms with E-state index in [2.05, 4.69) is 53.2 Å². The number of piperidine rings is 1. The molecule has 2 atom stereocenters. The molecule has 38 heavy (non-hydrogen) atoms. The molecule has 3 aromatic rings. The molecule has 8 nitrogen and oxygen atoms in total. The number of carbonyl (C=O) groups excluding carboxylic acids is 1. The molecule has 4 rings (SSSR count). The van der Waals surface area contributed by atoms with E-state index in [0.29, 0.717) is 30.4 Å². The number of nitrogens with zero attached hydrogens (tertiary/aromatic N) is 3. The highest BCUT2D eigenvalue weighted by Gasteiger charge is 2.30. The van der Waals surface area contributed by atoms with Crippen LogP contribution in [0.1, 0.15) is 36.3 Å². The first-order valence-corrected chi connectivity index (χ1v) is 12.8. The monoisotopic (exact) mass is 518 g/mol. The number of ether oxygens (including phenoxy) is 1. The van der Waals surface area contributed by atoms with Gasteiger partial charge in [-0.15, -0.1) is 0 Å². The number of carbonyl (C=O) groups is 1. The Balaban J connectivity index is 1.50. The third kappa shape index (κ3) is 5.76. The van der Waals surface area contributed by atoms with Crippen molar-refractivity contribution in [2.75, 3.05) is 44.4 Å². The summed E-state index contributed by atoms with van der Waals surface area (Å²) < 4.78 is 22.0. The van der Waals surface area contributed by atoms with Crippen molar-refractivity contribution in [1.82, 2.24) is 20.0 Å². The van der Waals surface area contributed by atoms with Gasteiger partial charge >= 0.3 is 0 Å². The first kappa shape index (κ1) is 27.0. The molecule has 1 aliphatic heterocycles. The van der Waals surface area contributed by atoms with Crippen molar-refractivity contribution in [2.45, 2.75) is 38.5 Å². The highest BCUT2D eigenvalue weighted by atomic mass is 19.1. The lowest BCUT2D eigenvalue weighted by Crippen LogP contribution is -2.50. The number of amides is 1. The fourth-order valence-corrected chi connectivity index (χ4v) is 4.66. The second kappa shape index (κ2) is 12.0. The largest absolute Gasteiger partial charge is 0.495 e. The van der Waals surface area contributed by atoms with E-state index in [1.165, 1.54) is 0 Å². The predicted molar refractivity (Wildman–Crippen MR) is 152 cm³/mol. The van der Waals surface area contributed by atoms with E-state index in [1.54, 1.807) is 43.1 Å². The van der Waals surface area contributed by atoms with Gasteiger partial charge in [-0.25, -0.2) is 4.39 Å². The summed E-state index contributed by atoms with van der Waals surface area (Å²) in [6.45, 7) is 9.75. The van der Waals surface area contributed by atoms with Crippen molar-refractivity contribution < 1.29 is 13.9 Å². The average molecular weight is 519 g/mol. The zero-order valence-electron chi connectivity index (χ0n) is 22.3. The Bertz CT molecular complexity index is 1370. The van der Waals surface area contributed by atoms with Crippen LogP contribution in [0.25, 0.3) is 17.0 Å². The van der Waals surface area contributed by atoms with Gasteiger partial charge in [-0.05, 0) is 50.6 Å². The number of nitrogens with one attached hydrogen (secondary N) is 3. The van der Waals surface area contributed by atoms with E-state index in [1.807, 2.05) is 18.2 Å². The highest BCUT2D eigenvalue weighted by molar-refractivity contribution is 5.96. The highest BCUT2D eigenvalue weighted by Crippen LogP contribution is 2.29. The molecule has 2 heterocycles. The quantitative estimate of drug-likeness (QED) is 0.388. The van der Waals surface area contributed by atoms with Crippen LogP contribution in [-0.4, -0.2) is 72.6 Å². The van der Waals surface area contributed by atoms with Crippen LogP contribution in [0.5, 0.6) is 5.75 Å². The summed E-state index contributed by atoms with van der Waals surface area (Å²) in [4.78, 5) is 14.1. The summed E-state index contributed by atoms with van der Waals surface area (Å²) in [6, 6.07) is 14.1. The maximum absolute atomic E-state index is 15.0. The number of hydrogen-bond donors (Lipinski definition) is 3. The molecule has 0 saturated carbocycles. The molecule has 1 aliphatic rings. The van der Waals surface area contributed by atoms with Gasteiger partial charge in [-0.2, -0.15) is 9.78 Å². The molecular weight excluding hydrogens is 483 g/mol. The number of alkyl halides is 1. The van der Waals surface area contributed by atoms with Crippen molar-refractivity contribution in [1.29, 1.82) is 0 Å². The van der Waals surface area contributed by atoms with Gasteiger partial charge in [-0.1, -0.05) is 24.6 Å². The number of aromatic nitrogens is 2. The number of hydrogen-bond acceptors (Lipinski definition) is 6. The summed E-state index contributed by atoms with van der Waals surface area (Å²) >= 11 is 0. The molecule has 2 aromatic carbocycles. The van der Waals surface area contributed by atoms with E-state index < -0.39 is 6.17 Å². The SMILES string of the molecule is C=Cc1c2cccc(N[C@@H]3CCN(C(C)C)C[C@@H]3F)c2nn1C#CCNc1ccc(C(=O)NC)cc1OC. The van der Waals surface area contributed by atoms with E-state index >= 15 is 0 Å². The van der Waals surface area contributed by atoms with Crippen LogP contribution < -0.4 is 20.7 Å². The van der Waals surface area contributed by atoms with Crippen molar-refractivity contribution in [3.05, 3.63) is 54.2 Å². The molecular formula is C29H35FN6O2. The molecule has 1 saturated heterocycles. The molecule has 200 valence electrons. The van der Waals surface area contributed by atoms with Crippen molar-refractivity contribution >= 4 is 34.3 Å². The molecule has 0 radical (unpaired) electrons. The number of methoxy groups -OCH3 is 1. The number of anilines is 2. The summed E-state index contributed by atoms with van der Waals surface area (Å²) in [5.41, 5.74) is 3.52. The molecule has 0 spiro atoms. The molecule has 0 bridgehead atoms. The Morgan fingerprint density at radius 2 is 2.13 bits per heavy atom. The van der Waals surface area contributed by atoms with E-state index in [4.69, 9.17) is 9.84 Å². The lowest BCUT2D eigenvalue weighted by atomic mass is 10.0. The fourth-order valence-electron chi connectivity index (χ4n) is 4.66. The summed E-state index contributed by atoms with van der Waals surface area (Å²) in [5.74, 6) is 3.44. The van der Waals surface area contributed by atoms with E-state index in [9.17, 15) is 9.18 Å².